The van der Waals surface area contributed by atoms with Crippen molar-refractivity contribution in [2.45, 2.75) is 25.9 Å². The minimum Gasteiger partial charge on any atom is -0.489 e. The van der Waals surface area contributed by atoms with Gasteiger partial charge in [0.15, 0.2) is 11.5 Å². The van der Waals surface area contributed by atoms with Crippen LogP contribution in [0.25, 0.3) is 0 Å². The number of benzene rings is 1. The summed E-state index contributed by atoms with van der Waals surface area (Å²) < 4.78 is 11.0. The number of ether oxygens (including phenoxy) is 2. The normalized spacial score (nSPS) is 17.1. The van der Waals surface area contributed by atoms with E-state index in [1.54, 1.807) is 13.0 Å². The van der Waals surface area contributed by atoms with Crippen LogP contribution in [0.3, 0.4) is 0 Å². The predicted molar refractivity (Wildman–Crippen MR) is 73.4 cm³/mol. The molecule has 2 rings (SSSR count). The van der Waals surface area contributed by atoms with Gasteiger partial charge in [-0.2, -0.15) is 0 Å². The van der Waals surface area contributed by atoms with E-state index in [1.165, 1.54) is 6.07 Å². The molecular weight excluding hydrogens is 284 g/mol. The van der Waals surface area contributed by atoms with E-state index in [9.17, 15) is 9.90 Å². The van der Waals surface area contributed by atoms with Crippen molar-refractivity contribution in [2.24, 2.45) is 5.92 Å². The Kier molecular flexibility index (Phi) is 4.73. The van der Waals surface area contributed by atoms with Gasteiger partial charge >= 0.3 is 5.97 Å². The molecule has 0 saturated heterocycles. The molecule has 110 valence electrons. The number of carboxylic acid groups (broad SMARTS) is 1. The van der Waals surface area contributed by atoms with Crippen molar-refractivity contribution in [2.75, 3.05) is 13.2 Å². The number of carbonyl (C=O) groups is 1. The number of carboxylic acids is 1. The molecule has 1 aromatic rings. The largest absolute Gasteiger partial charge is 0.489 e. The molecule has 20 heavy (non-hydrogen) atoms. The van der Waals surface area contributed by atoms with E-state index in [4.69, 9.17) is 26.2 Å². The molecule has 1 heterocycles. The van der Waals surface area contributed by atoms with Crippen LogP contribution in [0.2, 0.25) is 5.02 Å². The Bertz CT molecular complexity index is 503. The molecule has 0 aliphatic carbocycles. The van der Waals surface area contributed by atoms with Crippen LogP contribution in [0.1, 0.15) is 31.4 Å². The fraction of sp³-hybridized carbons (Fsp3) is 0.500. The van der Waals surface area contributed by atoms with Gasteiger partial charge in [-0.1, -0.05) is 18.5 Å². The molecule has 0 bridgehead atoms. The number of aliphatic carboxylic acids is 1. The Morgan fingerprint density at radius 2 is 2.10 bits per heavy atom. The predicted octanol–water partition coefficient (Wildman–Crippen LogP) is 2.65. The number of fused-ring (bicyclic) bond motifs is 1. The summed E-state index contributed by atoms with van der Waals surface area (Å²) in [5.74, 6) is -1.02. The average molecular weight is 301 g/mol. The molecule has 2 atom stereocenters. The third-order valence-electron chi connectivity index (χ3n) is 3.30. The first-order valence-corrected chi connectivity index (χ1v) is 6.92. The first-order chi connectivity index (χ1) is 9.54. The third-order valence-corrected chi connectivity index (χ3v) is 3.58. The fourth-order valence-corrected chi connectivity index (χ4v) is 2.46. The van der Waals surface area contributed by atoms with Crippen molar-refractivity contribution in [3.63, 3.8) is 0 Å². The summed E-state index contributed by atoms with van der Waals surface area (Å²) in [7, 11) is 0. The number of aliphatic hydroxyl groups is 1. The summed E-state index contributed by atoms with van der Waals surface area (Å²) >= 11 is 6.13. The Morgan fingerprint density at radius 1 is 1.40 bits per heavy atom. The highest BCUT2D eigenvalue weighted by Crippen LogP contribution is 2.40. The first kappa shape index (κ1) is 14.9. The van der Waals surface area contributed by atoms with E-state index in [0.29, 0.717) is 41.7 Å². The van der Waals surface area contributed by atoms with Gasteiger partial charge in [0, 0.05) is 6.42 Å². The zero-order valence-corrected chi connectivity index (χ0v) is 11.9. The number of aliphatic hydroxyl groups excluding tert-OH is 1. The van der Waals surface area contributed by atoms with Gasteiger partial charge in [0.2, 0.25) is 0 Å². The summed E-state index contributed by atoms with van der Waals surface area (Å²) in [6, 6.07) is 3.13. The maximum absolute atomic E-state index is 11.1. The minimum absolute atomic E-state index is 0.318. The quantitative estimate of drug-likeness (QED) is 0.894. The van der Waals surface area contributed by atoms with Gasteiger partial charge in [0.05, 0.1) is 30.3 Å². The van der Waals surface area contributed by atoms with Crippen molar-refractivity contribution in [3.8, 4) is 11.5 Å². The zero-order chi connectivity index (χ0) is 14.7. The monoisotopic (exact) mass is 300 g/mol. The lowest BCUT2D eigenvalue weighted by atomic mass is 9.93. The molecule has 5 nitrogen and oxygen atoms in total. The Labute approximate surface area is 122 Å². The molecule has 0 saturated carbocycles. The van der Waals surface area contributed by atoms with Crippen molar-refractivity contribution < 1.29 is 24.5 Å². The van der Waals surface area contributed by atoms with E-state index in [0.717, 1.165) is 6.42 Å². The van der Waals surface area contributed by atoms with Crippen LogP contribution in [-0.2, 0) is 4.79 Å². The number of hydrogen-bond acceptors (Lipinski definition) is 4. The summed E-state index contributed by atoms with van der Waals surface area (Å²) in [5, 5.41) is 19.6. The molecule has 0 aromatic heterocycles. The van der Waals surface area contributed by atoms with Gasteiger partial charge in [-0.05, 0) is 24.1 Å². The lowest BCUT2D eigenvalue weighted by Gasteiger charge is -2.20. The van der Waals surface area contributed by atoms with Crippen molar-refractivity contribution in [3.05, 3.63) is 22.7 Å². The molecular formula is C14H17ClO5. The average Bonchev–Trinajstić information content (AvgIpc) is 2.64. The van der Waals surface area contributed by atoms with Crippen LogP contribution in [0.4, 0.5) is 0 Å². The smallest absolute Gasteiger partial charge is 0.309 e. The number of rotatable bonds is 4. The maximum atomic E-state index is 11.1. The second-order valence-electron chi connectivity index (χ2n) is 4.68. The molecule has 0 spiro atoms. The lowest BCUT2D eigenvalue weighted by molar-refractivity contribution is -0.146. The first-order valence-electron chi connectivity index (χ1n) is 6.54. The van der Waals surface area contributed by atoms with Crippen LogP contribution in [-0.4, -0.2) is 29.4 Å². The molecule has 2 unspecified atom stereocenters. The highest BCUT2D eigenvalue weighted by Gasteiger charge is 2.28. The number of hydrogen-bond donors (Lipinski definition) is 2. The van der Waals surface area contributed by atoms with E-state index in [1.807, 2.05) is 0 Å². The molecule has 6 heteroatoms. The van der Waals surface area contributed by atoms with Crippen LogP contribution in [0.15, 0.2) is 12.1 Å². The minimum atomic E-state index is -1.13. The van der Waals surface area contributed by atoms with Gasteiger partial charge < -0.3 is 19.7 Å². The maximum Gasteiger partial charge on any atom is 0.309 e. The lowest BCUT2D eigenvalue weighted by Crippen LogP contribution is -2.21. The van der Waals surface area contributed by atoms with Crippen LogP contribution in [0.5, 0.6) is 11.5 Å². The standard InChI is InChI=1S/C14H17ClO5/c1-2-9(14(17)18)12(16)8-6-10(15)13-11(7-8)19-4-3-5-20-13/h6-7,9,12,16H,2-5H2,1H3,(H,17,18). The van der Waals surface area contributed by atoms with Crippen LogP contribution >= 0.6 is 11.6 Å². The van der Waals surface area contributed by atoms with Crippen LogP contribution < -0.4 is 9.47 Å². The van der Waals surface area contributed by atoms with Gasteiger partial charge in [-0.25, -0.2) is 0 Å². The van der Waals surface area contributed by atoms with Crippen LogP contribution in [0, 0.1) is 5.92 Å². The SMILES string of the molecule is CCC(C(=O)O)C(O)c1cc(Cl)c2c(c1)OCCCO2. The molecule has 1 aliphatic heterocycles. The highest BCUT2D eigenvalue weighted by molar-refractivity contribution is 6.32. The highest BCUT2D eigenvalue weighted by atomic mass is 35.5. The fourth-order valence-electron chi connectivity index (χ4n) is 2.19. The molecule has 0 amide bonds. The summed E-state index contributed by atoms with van der Waals surface area (Å²) in [6.07, 6.45) is -0.0646. The van der Waals surface area contributed by atoms with Gasteiger partial charge in [-0.15, -0.1) is 0 Å². The Hall–Kier alpha value is -1.46. The molecule has 0 radical (unpaired) electrons. The third kappa shape index (κ3) is 2.99. The van der Waals surface area contributed by atoms with Crippen molar-refractivity contribution >= 4 is 17.6 Å². The van der Waals surface area contributed by atoms with Gasteiger partial charge in [0.1, 0.15) is 0 Å². The van der Waals surface area contributed by atoms with Gasteiger partial charge in [-0.3, -0.25) is 4.79 Å². The van der Waals surface area contributed by atoms with Crippen molar-refractivity contribution in [1.29, 1.82) is 0 Å². The van der Waals surface area contributed by atoms with E-state index >= 15 is 0 Å². The van der Waals surface area contributed by atoms with Crippen molar-refractivity contribution in [1.82, 2.24) is 0 Å². The second-order valence-corrected chi connectivity index (χ2v) is 5.09. The molecule has 0 fully saturated rings. The topological polar surface area (TPSA) is 76.0 Å². The summed E-state index contributed by atoms with van der Waals surface area (Å²) in [6.45, 7) is 2.73. The van der Waals surface area contributed by atoms with E-state index in [2.05, 4.69) is 0 Å². The summed E-state index contributed by atoms with van der Waals surface area (Å²) in [5.41, 5.74) is 0.425. The number of halogens is 1. The zero-order valence-electron chi connectivity index (χ0n) is 11.1. The second kappa shape index (κ2) is 6.33. The van der Waals surface area contributed by atoms with E-state index in [-0.39, 0.29) is 0 Å². The molecule has 2 N–H and O–H groups in total. The Morgan fingerprint density at radius 3 is 2.75 bits per heavy atom. The Balaban J connectivity index is 2.35. The summed E-state index contributed by atoms with van der Waals surface area (Å²) in [4.78, 5) is 11.1. The molecule has 1 aromatic carbocycles. The van der Waals surface area contributed by atoms with E-state index < -0.39 is 18.0 Å². The molecule has 1 aliphatic rings. The van der Waals surface area contributed by atoms with Gasteiger partial charge in [0.25, 0.3) is 0 Å².